The lowest BCUT2D eigenvalue weighted by atomic mass is 10.0. The van der Waals surface area contributed by atoms with Crippen molar-refractivity contribution in [3.8, 4) is 11.7 Å². The van der Waals surface area contributed by atoms with Gasteiger partial charge in [0.2, 0.25) is 5.91 Å². The van der Waals surface area contributed by atoms with Crippen LogP contribution < -0.4 is 5.32 Å². The number of carbonyl (C=O) groups is 1. The topological polar surface area (TPSA) is 81.2 Å². The van der Waals surface area contributed by atoms with Crippen LogP contribution in [0, 0.1) is 6.92 Å². The van der Waals surface area contributed by atoms with Gasteiger partial charge in [-0.25, -0.2) is 0 Å². The second-order valence-corrected chi connectivity index (χ2v) is 7.97. The fourth-order valence-corrected chi connectivity index (χ4v) is 4.01. The summed E-state index contributed by atoms with van der Waals surface area (Å²) in [4.78, 5) is 13.6. The highest BCUT2D eigenvalue weighted by Gasteiger charge is 2.19. The molecule has 3 aromatic heterocycles. The average Bonchev–Trinajstić information content (AvgIpc) is 3.47. The van der Waals surface area contributed by atoms with E-state index < -0.39 is 0 Å². The predicted molar refractivity (Wildman–Crippen MR) is 108 cm³/mol. The maximum Gasteiger partial charge on any atom is 0.284 e. The normalized spacial score (nSPS) is 12.0. The van der Waals surface area contributed by atoms with Gasteiger partial charge in [0.1, 0.15) is 0 Å². The van der Waals surface area contributed by atoms with E-state index in [-0.39, 0.29) is 17.7 Å². The fraction of sp³-hybridized carbons (Fsp3) is 0.150. The lowest BCUT2D eigenvalue weighted by Gasteiger charge is -2.18. The molecule has 1 aromatic carbocycles. The third-order valence-electron chi connectivity index (χ3n) is 4.01. The van der Waals surface area contributed by atoms with Crippen LogP contribution in [0.3, 0.4) is 0 Å². The number of aryl methyl sites for hydroxylation is 1. The number of nitrogens with one attached hydrogen (secondary N) is 1. The van der Waals surface area contributed by atoms with Gasteiger partial charge in [0, 0.05) is 4.88 Å². The first-order valence-corrected chi connectivity index (χ1v) is 10.4. The van der Waals surface area contributed by atoms with Crippen molar-refractivity contribution in [2.75, 3.05) is 5.75 Å². The molecule has 0 radical (unpaired) electrons. The van der Waals surface area contributed by atoms with Gasteiger partial charge in [-0.3, -0.25) is 4.79 Å². The summed E-state index contributed by atoms with van der Waals surface area (Å²) in [5.74, 6) is 0.861. The maximum atomic E-state index is 12.6. The number of hydrogen-bond donors (Lipinski definition) is 1. The summed E-state index contributed by atoms with van der Waals surface area (Å²) in [6.45, 7) is 2.04. The summed E-state index contributed by atoms with van der Waals surface area (Å²) in [5, 5.41) is 13.3. The Morgan fingerprint density at radius 2 is 2.04 bits per heavy atom. The molecule has 4 aromatic rings. The summed E-state index contributed by atoms with van der Waals surface area (Å²) in [6, 6.07) is 15.5. The number of thiophene rings is 1. The standard InChI is InChI=1S/C20H17N3O3S2/c1-13-6-8-14(9-7-13)18(16-5-3-11-27-16)21-17(24)12-28-20-23-22-19(26-20)15-4-2-10-25-15/h2-11,18H,12H2,1H3,(H,21,24). The molecule has 6 nitrogen and oxygen atoms in total. The van der Waals surface area contributed by atoms with Crippen LogP contribution in [-0.4, -0.2) is 21.9 Å². The summed E-state index contributed by atoms with van der Waals surface area (Å²) in [5.41, 5.74) is 2.23. The number of rotatable bonds is 7. The van der Waals surface area contributed by atoms with E-state index in [2.05, 4.69) is 15.5 Å². The van der Waals surface area contributed by atoms with E-state index in [0.29, 0.717) is 16.9 Å². The SMILES string of the molecule is Cc1ccc(C(NC(=O)CSc2nnc(-c3ccco3)o2)c2cccs2)cc1. The van der Waals surface area contributed by atoms with E-state index >= 15 is 0 Å². The van der Waals surface area contributed by atoms with Crippen LogP contribution >= 0.6 is 23.1 Å². The van der Waals surface area contributed by atoms with Crippen molar-refractivity contribution in [2.24, 2.45) is 0 Å². The molecule has 8 heteroatoms. The van der Waals surface area contributed by atoms with Crippen molar-refractivity contribution in [1.82, 2.24) is 15.5 Å². The molecule has 3 heterocycles. The van der Waals surface area contributed by atoms with Gasteiger partial charge in [-0.15, -0.1) is 21.5 Å². The van der Waals surface area contributed by atoms with Gasteiger partial charge in [0.05, 0.1) is 18.1 Å². The third kappa shape index (κ3) is 4.35. The van der Waals surface area contributed by atoms with Crippen LogP contribution in [0.1, 0.15) is 22.0 Å². The summed E-state index contributed by atoms with van der Waals surface area (Å²) in [6.07, 6.45) is 1.54. The molecule has 0 aliphatic heterocycles. The molecule has 28 heavy (non-hydrogen) atoms. The summed E-state index contributed by atoms with van der Waals surface area (Å²) in [7, 11) is 0. The molecule has 142 valence electrons. The molecule has 4 rings (SSSR count). The third-order valence-corrected chi connectivity index (χ3v) is 5.76. The molecule has 0 aliphatic carbocycles. The van der Waals surface area contributed by atoms with E-state index in [1.54, 1.807) is 23.5 Å². The number of thioether (sulfide) groups is 1. The predicted octanol–water partition coefficient (Wildman–Crippen LogP) is 4.70. The minimum atomic E-state index is -0.185. The van der Waals surface area contributed by atoms with Gasteiger partial charge in [-0.05, 0) is 36.1 Å². The zero-order chi connectivity index (χ0) is 19.3. The molecule has 0 spiro atoms. The lowest BCUT2D eigenvalue weighted by molar-refractivity contribution is -0.119. The van der Waals surface area contributed by atoms with Gasteiger partial charge in [-0.1, -0.05) is 47.7 Å². The number of hydrogen-bond acceptors (Lipinski definition) is 7. The van der Waals surface area contributed by atoms with Crippen LogP contribution in [0.5, 0.6) is 0 Å². The summed E-state index contributed by atoms with van der Waals surface area (Å²) < 4.78 is 10.7. The molecular weight excluding hydrogens is 394 g/mol. The van der Waals surface area contributed by atoms with E-state index in [0.717, 1.165) is 10.4 Å². The van der Waals surface area contributed by atoms with Crippen molar-refractivity contribution in [1.29, 1.82) is 0 Å². The molecule has 0 aliphatic rings. The number of amides is 1. The van der Waals surface area contributed by atoms with Crippen LogP contribution in [0.2, 0.25) is 0 Å². The van der Waals surface area contributed by atoms with Gasteiger partial charge in [-0.2, -0.15) is 0 Å². The average molecular weight is 412 g/mol. The first kappa shape index (κ1) is 18.5. The molecule has 1 amide bonds. The number of nitrogens with zero attached hydrogens (tertiary/aromatic N) is 2. The van der Waals surface area contributed by atoms with Crippen LogP contribution in [0.15, 0.2) is 74.2 Å². The second-order valence-electron chi connectivity index (χ2n) is 6.07. The first-order chi connectivity index (χ1) is 13.7. The van der Waals surface area contributed by atoms with E-state index in [1.807, 2.05) is 48.7 Å². The Morgan fingerprint density at radius 3 is 2.75 bits per heavy atom. The van der Waals surface area contributed by atoms with Crippen molar-refractivity contribution in [3.63, 3.8) is 0 Å². The number of carbonyl (C=O) groups excluding carboxylic acids is 1. The largest absolute Gasteiger partial charge is 0.459 e. The Kier molecular flexibility index (Phi) is 5.59. The maximum absolute atomic E-state index is 12.6. The molecular formula is C20H17N3O3S2. The number of aromatic nitrogens is 2. The van der Waals surface area contributed by atoms with Crippen molar-refractivity contribution in [3.05, 3.63) is 76.2 Å². The molecule has 1 unspecified atom stereocenters. The fourth-order valence-electron chi connectivity index (χ4n) is 2.63. The number of furan rings is 1. The second kappa shape index (κ2) is 8.45. The van der Waals surface area contributed by atoms with Crippen molar-refractivity contribution in [2.45, 2.75) is 18.2 Å². The van der Waals surface area contributed by atoms with Crippen molar-refractivity contribution >= 4 is 29.0 Å². The monoisotopic (exact) mass is 411 g/mol. The molecule has 0 fully saturated rings. The van der Waals surface area contributed by atoms with E-state index in [4.69, 9.17) is 8.83 Å². The quantitative estimate of drug-likeness (QED) is 0.444. The molecule has 0 bridgehead atoms. The molecule has 0 saturated carbocycles. The minimum absolute atomic E-state index is 0.110. The van der Waals surface area contributed by atoms with Crippen LogP contribution in [0.25, 0.3) is 11.7 Å². The Labute approximate surface area is 170 Å². The highest BCUT2D eigenvalue weighted by atomic mass is 32.2. The van der Waals surface area contributed by atoms with Crippen LogP contribution in [0.4, 0.5) is 0 Å². The number of benzene rings is 1. The lowest BCUT2D eigenvalue weighted by Crippen LogP contribution is -2.30. The molecule has 1 N–H and O–H groups in total. The van der Waals surface area contributed by atoms with Crippen molar-refractivity contribution < 1.29 is 13.6 Å². The Bertz CT molecular complexity index is 1030. The first-order valence-electron chi connectivity index (χ1n) is 8.58. The van der Waals surface area contributed by atoms with Gasteiger partial charge < -0.3 is 14.2 Å². The Balaban J connectivity index is 1.41. The van der Waals surface area contributed by atoms with Gasteiger partial charge >= 0.3 is 0 Å². The Hall–Kier alpha value is -2.84. The van der Waals surface area contributed by atoms with E-state index in [1.165, 1.54) is 23.6 Å². The highest BCUT2D eigenvalue weighted by Crippen LogP contribution is 2.27. The molecule has 1 atom stereocenters. The van der Waals surface area contributed by atoms with E-state index in [9.17, 15) is 4.79 Å². The summed E-state index contributed by atoms with van der Waals surface area (Å²) >= 11 is 2.81. The van der Waals surface area contributed by atoms with Gasteiger partial charge in [0.15, 0.2) is 5.76 Å². The zero-order valence-corrected chi connectivity index (χ0v) is 16.6. The van der Waals surface area contributed by atoms with Gasteiger partial charge in [0.25, 0.3) is 11.1 Å². The Morgan fingerprint density at radius 1 is 1.18 bits per heavy atom. The molecule has 0 saturated heterocycles. The highest BCUT2D eigenvalue weighted by molar-refractivity contribution is 7.99. The smallest absolute Gasteiger partial charge is 0.284 e. The minimum Gasteiger partial charge on any atom is -0.459 e. The zero-order valence-electron chi connectivity index (χ0n) is 15.0. The van der Waals surface area contributed by atoms with Crippen LogP contribution in [-0.2, 0) is 4.79 Å².